The summed E-state index contributed by atoms with van der Waals surface area (Å²) < 4.78 is 0. The third-order valence-electron chi connectivity index (χ3n) is 1.21. The summed E-state index contributed by atoms with van der Waals surface area (Å²) in [5.74, 6) is 5.30. The Morgan fingerprint density at radius 3 is 2.25 bits per heavy atom. The molecule has 1 unspecified atom stereocenters. The maximum atomic E-state index is 5.30. The first-order valence-corrected chi connectivity index (χ1v) is 2.40. The smallest absolute Gasteiger partial charge is 0.151 e. The minimum atomic E-state index is 0.0926. The molecule has 1 aliphatic rings. The Labute approximate surface area is 47.7 Å². The Balaban J connectivity index is 2.55. The van der Waals surface area contributed by atoms with E-state index in [1.54, 1.807) is 5.01 Å². The van der Waals surface area contributed by atoms with Crippen LogP contribution in [0.15, 0.2) is 10.4 Å². The third-order valence-corrected chi connectivity index (χ3v) is 1.21. The SMILES string of the molecule is CC1N(C)N=NN1N. The van der Waals surface area contributed by atoms with Gasteiger partial charge in [0.25, 0.3) is 0 Å². The van der Waals surface area contributed by atoms with Gasteiger partial charge in [-0.25, -0.2) is 5.84 Å². The van der Waals surface area contributed by atoms with Gasteiger partial charge < -0.3 is 0 Å². The maximum absolute atomic E-state index is 5.30. The highest BCUT2D eigenvalue weighted by Gasteiger charge is 2.17. The predicted molar refractivity (Wildman–Crippen MR) is 28.1 cm³/mol. The molecule has 0 bridgehead atoms. The van der Waals surface area contributed by atoms with Crippen LogP contribution in [0.5, 0.6) is 0 Å². The molecule has 0 aromatic heterocycles. The van der Waals surface area contributed by atoms with E-state index in [1.807, 2.05) is 14.0 Å². The van der Waals surface area contributed by atoms with Crippen LogP contribution < -0.4 is 5.84 Å². The van der Waals surface area contributed by atoms with Crippen LogP contribution in [0.1, 0.15) is 6.92 Å². The summed E-state index contributed by atoms with van der Waals surface area (Å²) in [5, 5.41) is 10.2. The first-order valence-electron chi connectivity index (χ1n) is 2.40. The van der Waals surface area contributed by atoms with E-state index in [0.29, 0.717) is 0 Å². The molecule has 46 valence electrons. The fourth-order valence-corrected chi connectivity index (χ4v) is 0.430. The number of hydrogen-bond donors (Lipinski definition) is 1. The van der Waals surface area contributed by atoms with Crippen LogP contribution in [0.3, 0.4) is 0 Å². The Bertz CT molecular complexity index is 98.2. The molecule has 0 spiro atoms. The highest BCUT2D eigenvalue weighted by molar-refractivity contribution is 4.55. The normalized spacial score (nSPS) is 27.6. The van der Waals surface area contributed by atoms with Crippen molar-refractivity contribution >= 4 is 0 Å². The first kappa shape index (κ1) is 5.30. The summed E-state index contributed by atoms with van der Waals surface area (Å²) in [5.41, 5.74) is 0. The molecule has 2 N–H and O–H groups in total. The van der Waals surface area contributed by atoms with E-state index in [2.05, 4.69) is 10.4 Å². The zero-order chi connectivity index (χ0) is 6.15. The molecule has 1 aliphatic heterocycles. The van der Waals surface area contributed by atoms with Crippen LogP contribution in [0, 0.1) is 0 Å². The van der Waals surface area contributed by atoms with Crippen molar-refractivity contribution in [3.05, 3.63) is 0 Å². The second-order valence-electron chi connectivity index (χ2n) is 1.76. The summed E-state index contributed by atoms with van der Waals surface area (Å²) in [6, 6.07) is 0. The Hall–Kier alpha value is -0.840. The van der Waals surface area contributed by atoms with E-state index in [4.69, 9.17) is 5.84 Å². The van der Waals surface area contributed by atoms with Gasteiger partial charge in [-0.05, 0) is 12.1 Å². The molecule has 0 aromatic carbocycles. The molecule has 5 nitrogen and oxygen atoms in total. The standard InChI is InChI=1S/C3H9N5/c1-3-7(2)5-6-8(3)4/h3H,4H2,1-2H3. The second kappa shape index (κ2) is 1.59. The van der Waals surface area contributed by atoms with Crippen molar-refractivity contribution in [1.29, 1.82) is 0 Å². The molecule has 0 radical (unpaired) electrons. The summed E-state index contributed by atoms with van der Waals surface area (Å²) in [6.07, 6.45) is 0.0926. The Kier molecular flexibility index (Phi) is 1.05. The maximum Gasteiger partial charge on any atom is 0.151 e. The number of rotatable bonds is 0. The van der Waals surface area contributed by atoms with Crippen molar-refractivity contribution in [2.24, 2.45) is 16.3 Å². The lowest BCUT2D eigenvalue weighted by Crippen LogP contribution is -2.37. The summed E-state index contributed by atoms with van der Waals surface area (Å²) in [7, 11) is 1.82. The topological polar surface area (TPSA) is 57.2 Å². The van der Waals surface area contributed by atoms with E-state index in [-0.39, 0.29) is 6.17 Å². The van der Waals surface area contributed by atoms with Crippen LogP contribution in [0.4, 0.5) is 0 Å². The minimum absolute atomic E-state index is 0.0926. The van der Waals surface area contributed by atoms with Crippen molar-refractivity contribution in [2.45, 2.75) is 13.1 Å². The third kappa shape index (κ3) is 0.604. The van der Waals surface area contributed by atoms with Crippen LogP contribution in [0.25, 0.3) is 0 Å². The first-order chi connectivity index (χ1) is 3.72. The average molecular weight is 115 g/mol. The second-order valence-corrected chi connectivity index (χ2v) is 1.76. The molecule has 0 amide bonds. The highest BCUT2D eigenvalue weighted by Crippen LogP contribution is 2.07. The number of nitrogens with two attached hydrogens (primary N) is 1. The van der Waals surface area contributed by atoms with Gasteiger partial charge in [-0.1, -0.05) is 5.22 Å². The zero-order valence-electron chi connectivity index (χ0n) is 4.94. The Morgan fingerprint density at radius 2 is 2.12 bits per heavy atom. The quantitative estimate of drug-likeness (QED) is 0.442. The molecule has 0 fully saturated rings. The molecule has 8 heavy (non-hydrogen) atoms. The lowest BCUT2D eigenvalue weighted by Gasteiger charge is -2.15. The molecule has 5 heteroatoms. The molecule has 0 aliphatic carbocycles. The molecule has 1 atom stereocenters. The van der Waals surface area contributed by atoms with Gasteiger partial charge >= 0.3 is 0 Å². The van der Waals surface area contributed by atoms with Gasteiger partial charge in [-0.15, -0.1) is 0 Å². The summed E-state index contributed by atoms with van der Waals surface area (Å²) in [6.45, 7) is 1.92. The molecule has 1 heterocycles. The van der Waals surface area contributed by atoms with Crippen molar-refractivity contribution in [2.75, 3.05) is 7.05 Å². The highest BCUT2D eigenvalue weighted by atomic mass is 15.9. The van der Waals surface area contributed by atoms with E-state index in [0.717, 1.165) is 0 Å². The van der Waals surface area contributed by atoms with Gasteiger partial charge in [0.1, 0.15) is 0 Å². The monoisotopic (exact) mass is 115 g/mol. The van der Waals surface area contributed by atoms with E-state index in [9.17, 15) is 0 Å². The molecular weight excluding hydrogens is 106 g/mol. The molecule has 0 saturated heterocycles. The van der Waals surface area contributed by atoms with Crippen molar-refractivity contribution < 1.29 is 0 Å². The molecule has 1 rings (SSSR count). The van der Waals surface area contributed by atoms with Gasteiger partial charge in [0.05, 0.1) is 0 Å². The minimum Gasteiger partial charge on any atom is -0.255 e. The van der Waals surface area contributed by atoms with Gasteiger partial charge in [0.15, 0.2) is 6.17 Å². The number of hydrazine groups is 1. The summed E-state index contributed by atoms with van der Waals surface area (Å²) in [4.78, 5) is 0. The van der Waals surface area contributed by atoms with Gasteiger partial charge in [0.2, 0.25) is 0 Å². The van der Waals surface area contributed by atoms with E-state index in [1.165, 1.54) is 5.12 Å². The van der Waals surface area contributed by atoms with Crippen molar-refractivity contribution in [1.82, 2.24) is 10.1 Å². The largest absolute Gasteiger partial charge is 0.255 e. The van der Waals surface area contributed by atoms with Crippen molar-refractivity contribution in [3.8, 4) is 0 Å². The average Bonchev–Trinajstić information content (AvgIpc) is 1.98. The van der Waals surface area contributed by atoms with E-state index >= 15 is 0 Å². The van der Waals surface area contributed by atoms with Gasteiger partial charge in [-0.3, -0.25) is 5.01 Å². The fourth-order valence-electron chi connectivity index (χ4n) is 0.430. The number of hydrogen-bond acceptors (Lipinski definition) is 5. The van der Waals surface area contributed by atoms with Gasteiger partial charge in [-0.2, -0.15) is 5.12 Å². The van der Waals surface area contributed by atoms with Gasteiger partial charge in [0, 0.05) is 7.05 Å². The molecule has 0 saturated carbocycles. The Morgan fingerprint density at radius 1 is 1.50 bits per heavy atom. The van der Waals surface area contributed by atoms with E-state index < -0.39 is 0 Å². The van der Waals surface area contributed by atoms with Crippen LogP contribution in [0.2, 0.25) is 0 Å². The molecular formula is C3H9N5. The number of nitrogens with zero attached hydrogens (tertiary/aromatic N) is 4. The lowest BCUT2D eigenvalue weighted by atomic mass is 10.6. The van der Waals surface area contributed by atoms with Crippen LogP contribution in [-0.4, -0.2) is 23.3 Å². The van der Waals surface area contributed by atoms with Crippen LogP contribution in [-0.2, 0) is 0 Å². The zero-order valence-corrected chi connectivity index (χ0v) is 4.94. The van der Waals surface area contributed by atoms with Crippen LogP contribution >= 0.6 is 0 Å². The fraction of sp³-hybridized carbons (Fsp3) is 1.00. The lowest BCUT2D eigenvalue weighted by molar-refractivity contribution is 0.148. The predicted octanol–water partition coefficient (Wildman–Crippen LogP) is -0.264. The summed E-state index contributed by atoms with van der Waals surface area (Å²) >= 11 is 0. The van der Waals surface area contributed by atoms with Crippen molar-refractivity contribution in [3.63, 3.8) is 0 Å². The molecule has 0 aromatic rings.